The van der Waals surface area contributed by atoms with Crippen LogP contribution in [0.2, 0.25) is 0 Å². The molecule has 3 nitrogen and oxygen atoms in total. The largest absolute Gasteiger partial charge is 0.339 e. The molecule has 0 aromatic heterocycles. The molecule has 1 atom stereocenters. The minimum atomic E-state index is 0.270. The summed E-state index contributed by atoms with van der Waals surface area (Å²) < 4.78 is 0. The molecule has 1 aliphatic carbocycles. The summed E-state index contributed by atoms with van der Waals surface area (Å²) in [6, 6.07) is 15.6. The second-order valence-electron chi connectivity index (χ2n) is 7.23. The minimum Gasteiger partial charge on any atom is -0.339 e. The molecule has 3 heteroatoms. The van der Waals surface area contributed by atoms with Crippen LogP contribution in [0.3, 0.4) is 0 Å². The lowest BCUT2D eigenvalue weighted by Crippen LogP contribution is -2.59. The molecule has 0 radical (unpaired) electrons. The number of allylic oxidation sites excluding steroid dienone is 1. The maximum Gasteiger partial charge on any atom is 0.104 e. The number of nitrogens with one attached hydrogen (secondary N) is 1. The molecule has 0 spiro atoms. The third-order valence-corrected chi connectivity index (χ3v) is 5.35. The standard InChI is InChI=1S/C22H27N3/c1-4-8-16(2)22-23-14-24(3)15-25(22)21-12-7-11-19-18-10-6-5-9-17(18)13-20(19)21/h5-12,22-23H,4,13-15H2,1-3H3. The van der Waals surface area contributed by atoms with Crippen LogP contribution < -0.4 is 10.2 Å². The molecule has 1 aliphatic heterocycles. The fourth-order valence-electron chi connectivity index (χ4n) is 4.21. The monoisotopic (exact) mass is 333 g/mol. The van der Waals surface area contributed by atoms with E-state index in [4.69, 9.17) is 0 Å². The maximum atomic E-state index is 3.70. The molecular weight excluding hydrogens is 306 g/mol. The van der Waals surface area contributed by atoms with Crippen LogP contribution in [0.15, 0.2) is 54.1 Å². The second kappa shape index (κ2) is 6.66. The van der Waals surface area contributed by atoms with Crippen molar-refractivity contribution in [3.63, 3.8) is 0 Å². The van der Waals surface area contributed by atoms with Gasteiger partial charge < -0.3 is 4.90 Å². The number of nitrogens with zero attached hydrogens (tertiary/aromatic N) is 2. The maximum absolute atomic E-state index is 3.70. The molecule has 0 bridgehead atoms. The Labute approximate surface area is 151 Å². The van der Waals surface area contributed by atoms with Crippen molar-refractivity contribution in [2.45, 2.75) is 32.9 Å². The van der Waals surface area contributed by atoms with Crippen LogP contribution in [0, 0.1) is 0 Å². The Kier molecular flexibility index (Phi) is 4.36. The van der Waals surface area contributed by atoms with E-state index in [0.29, 0.717) is 0 Å². The van der Waals surface area contributed by atoms with E-state index >= 15 is 0 Å². The normalized spacial score (nSPS) is 20.5. The molecule has 2 aromatic carbocycles. The SMILES string of the molecule is CCC=C(C)C1NCN(C)CN1c1cccc2c1Cc1ccccc1-2. The zero-order chi connectivity index (χ0) is 17.4. The van der Waals surface area contributed by atoms with E-state index in [1.54, 1.807) is 0 Å². The molecule has 1 fully saturated rings. The zero-order valence-electron chi connectivity index (χ0n) is 15.4. The summed E-state index contributed by atoms with van der Waals surface area (Å²) in [5, 5.41) is 3.70. The molecule has 2 aromatic rings. The first-order chi connectivity index (χ1) is 12.2. The van der Waals surface area contributed by atoms with Crippen LogP contribution in [0.1, 0.15) is 31.4 Å². The molecule has 0 amide bonds. The van der Waals surface area contributed by atoms with E-state index in [-0.39, 0.29) is 6.17 Å². The topological polar surface area (TPSA) is 18.5 Å². The van der Waals surface area contributed by atoms with Crippen LogP contribution in [0.5, 0.6) is 0 Å². The molecule has 1 heterocycles. The highest BCUT2D eigenvalue weighted by molar-refractivity contribution is 5.82. The molecule has 1 saturated heterocycles. The molecule has 0 saturated carbocycles. The summed E-state index contributed by atoms with van der Waals surface area (Å²) in [5.41, 5.74) is 8.48. The highest BCUT2D eigenvalue weighted by atomic mass is 15.4. The predicted molar refractivity (Wildman–Crippen MR) is 106 cm³/mol. The average Bonchev–Trinajstić information content (AvgIpc) is 3.00. The highest BCUT2D eigenvalue weighted by Crippen LogP contribution is 2.42. The van der Waals surface area contributed by atoms with Gasteiger partial charge in [0, 0.05) is 12.1 Å². The summed E-state index contributed by atoms with van der Waals surface area (Å²) >= 11 is 0. The van der Waals surface area contributed by atoms with Crippen molar-refractivity contribution < 1.29 is 0 Å². The van der Waals surface area contributed by atoms with Gasteiger partial charge in [0.15, 0.2) is 0 Å². The number of rotatable bonds is 3. The first-order valence-electron chi connectivity index (χ1n) is 9.24. The van der Waals surface area contributed by atoms with Gasteiger partial charge in [0.2, 0.25) is 0 Å². The van der Waals surface area contributed by atoms with Gasteiger partial charge >= 0.3 is 0 Å². The van der Waals surface area contributed by atoms with E-state index in [0.717, 1.165) is 26.2 Å². The van der Waals surface area contributed by atoms with Gasteiger partial charge in [-0.2, -0.15) is 0 Å². The third kappa shape index (κ3) is 2.88. The Balaban J connectivity index is 1.77. The first-order valence-corrected chi connectivity index (χ1v) is 9.24. The molecule has 1 N–H and O–H groups in total. The molecular formula is C22H27N3. The third-order valence-electron chi connectivity index (χ3n) is 5.35. The van der Waals surface area contributed by atoms with Crippen molar-refractivity contribution in [3.8, 4) is 11.1 Å². The molecule has 1 unspecified atom stereocenters. The lowest BCUT2D eigenvalue weighted by Gasteiger charge is -2.43. The molecule has 25 heavy (non-hydrogen) atoms. The number of hydrogen-bond donors (Lipinski definition) is 1. The average molecular weight is 333 g/mol. The van der Waals surface area contributed by atoms with E-state index in [1.807, 2.05) is 0 Å². The van der Waals surface area contributed by atoms with E-state index in [1.165, 1.54) is 33.5 Å². The first kappa shape index (κ1) is 16.4. The van der Waals surface area contributed by atoms with Gasteiger partial charge in [-0.1, -0.05) is 49.4 Å². The van der Waals surface area contributed by atoms with Crippen molar-refractivity contribution in [1.29, 1.82) is 0 Å². The Morgan fingerprint density at radius 1 is 1.16 bits per heavy atom. The quantitative estimate of drug-likeness (QED) is 0.725. The van der Waals surface area contributed by atoms with Crippen LogP contribution >= 0.6 is 0 Å². The van der Waals surface area contributed by atoms with Gasteiger partial charge in [-0.05, 0) is 54.3 Å². The van der Waals surface area contributed by atoms with Crippen molar-refractivity contribution >= 4 is 5.69 Å². The smallest absolute Gasteiger partial charge is 0.104 e. The van der Waals surface area contributed by atoms with Crippen LogP contribution in [0.25, 0.3) is 11.1 Å². The fourth-order valence-corrected chi connectivity index (χ4v) is 4.21. The van der Waals surface area contributed by atoms with Gasteiger partial charge in [0.25, 0.3) is 0 Å². The van der Waals surface area contributed by atoms with Crippen molar-refractivity contribution in [2.75, 3.05) is 25.3 Å². The number of fused-ring (bicyclic) bond motifs is 3. The van der Waals surface area contributed by atoms with Crippen LogP contribution in [-0.4, -0.2) is 31.5 Å². The molecule has 2 aliphatic rings. The van der Waals surface area contributed by atoms with Crippen molar-refractivity contribution in [3.05, 3.63) is 65.2 Å². The van der Waals surface area contributed by atoms with Crippen molar-refractivity contribution in [2.24, 2.45) is 0 Å². The number of hydrogen-bond acceptors (Lipinski definition) is 3. The fraction of sp³-hybridized carbons (Fsp3) is 0.364. The minimum absolute atomic E-state index is 0.270. The van der Waals surface area contributed by atoms with Crippen molar-refractivity contribution in [1.82, 2.24) is 10.2 Å². The number of benzene rings is 2. The second-order valence-corrected chi connectivity index (χ2v) is 7.23. The Morgan fingerprint density at radius 2 is 1.96 bits per heavy atom. The van der Waals surface area contributed by atoms with Gasteiger partial charge in [-0.25, -0.2) is 0 Å². The predicted octanol–water partition coefficient (Wildman–Crippen LogP) is 4.20. The lowest BCUT2D eigenvalue weighted by molar-refractivity contribution is 0.234. The summed E-state index contributed by atoms with van der Waals surface area (Å²) in [7, 11) is 2.17. The Bertz CT molecular complexity index is 809. The summed E-state index contributed by atoms with van der Waals surface area (Å²) in [4.78, 5) is 4.85. The summed E-state index contributed by atoms with van der Waals surface area (Å²) in [6.45, 7) is 6.32. The van der Waals surface area contributed by atoms with E-state index in [9.17, 15) is 0 Å². The Hall–Kier alpha value is -2.10. The highest BCUT2D eigenvalue weighted by Gasteiger charge is 2.30. The van der Waals surface area contributed by atoms with E-state index < -0.39 is 0 Å². The lowest BCUT2D eigenvalue weighted by atomic mass is 10.0. The van der Waals surface area contributed by atoms with E-state index in [2.05, 4.69) is 84.6 Å². The van der Waals surface area contributed by atoms with Gasteiger partial charge in [0.1, 0.15) is 6.17 Å². The van der Waals surface area contributed by atoms with Gasteiger partial charge in [-0.15, -0.1) is 0 Å². The van der Waals surface area contributed by atoms with Crippen LogP contribution in [-0.2, 0) is 6.42 Å². The summed E-state index contributed by atoms with van der Waals surface area (Å²) in [6.07, 6.45) is 4.72. The van der Waals surface area contributed by atoms with Gasteiger partial charge in [0.05, 0.1) is 13.3 Å². The van der Waals surface area contributed by atoms with Gasteiger partial charge in [-0.3, -0.25) is 10.2 Å². The Morgan fingerprint density at radius 3 is 2.80 bits per heavy atom. The number of anilines is 1. The van der Waals surface area contributed by atoms with Crippen LogP contribution in [0.4, 0.5) is 5.69 Å². The molecule has 130 valence electrons. The summed E-state index contributed by atoms with van der Waals surface area (Å²) in [5.74, 6) is 0. The molecule has 4 rings (SSSR count). The zero-order valence-corrected chi connectivity index (χ0v) is 15.4.